The fourth-order valence-electron chi connectivity index (χ4n) is 2.58. The molecule has 8 heteroatoms. The summed E-state index contributed by atoms with van der Waals surface area (Å²) in [6.45, 7) is 6.65. The number of nitrogens with zero attached hydrogens (tertiary/aromatic N) is 2. The van der Waals surface area contributed by atoms with Crippen LogP contribution >= 0.6 is 24.0 Å². The lowest BCUT2D eigenvalue weighted by Gasteiger charge is -2.08. The second-order valence-electron chi connectivity index (χ2n) is 5.81. The van der Waals surface area contributed by atoms with Gasteiger partial charge in [0, 0.05) is 43.0 Å². The van der Waals surface area contributed by atoms with E-state index in [0.717, 1.165) is 35.7 Å². The van der Waals surface area contributed by atoms with Crippen molar-refractivity contribution in [3.05, 3.63) is 46.2 Å². The van der Waals surface area contributed by atoms with Gasteiger partial charge in [-0.1, -0.05) is 11.6 Å². The van der Waals surface area contributed by atoms with Gasteiger partial charge in [0.1, 0.15) is 0 Å². The molecule has 0 bridgehead atoms. The first-order valence-electron chi connectivity index (χ1n) is 8.30. The number of aryl methyl sites for hydroxylation is 1. The standard InChI is InChI=1S/C18H25ClN4O2.ClH/c1-13-17(12-18(24)21-9-8-20-10-11-25-3)14(2)23(22-13)16-6-4-15(19)5-7-16;/h4-7,20H,8-12H2,1-3H3,(H,21,24);1H. The Hall–Kier alpha value is -1.60. The minimum Gasteiger partial charge on any atom is -0.383 e. The Bertz CT molecular complexity index is 702. The van der Waals surface area contributed by atoms with Crippen LogP contribution in [0.5, 0.6) is 0 Å². The number of benzene rings is 1. The van der Waals surface area contributed by atoms with E-state index in [1.54, 1.807) is 7.11 Å². The molecule has 0 saturated heterocycles. The Kier molecular flexibility index (Phi) is 9.65. The van der Waals surface area contributed by atoms with Crippen molar-refractivity contribution in [2.45, 2.75) is 20.3 Å². The van der Waals surface area contributed by atoms with Crippen LogP contribution in [-0.4, -0.2) is 49.0 Å². The first kappa shape index (κ1) is 22.4. The SMILES string of the molecule is COCCNCCNC(=O)Cc1c(C)nn(-c2ccc(Cl)cc2)c1C.Cl. The van der Waals surface area contributed by atoms with Crippen LogP contribution in [0.4, 0.5) is 0 Å². The third kappa shape index (κ3) is 6.29. The van der Waals surface area contributed by atoms with Crippen molar-refractivity contribution >= 4 is 29.9 Å². The molecule has 1 aromatic heterocycles. The van der Waals surface area contributed by atoms with Gasteiger partial charge < -0.3 is 15.4 Å². The molecule has 0 aliphatic carbocycles. The van der Waals surface area contributed by atoms with E-state index in [-0.39, 0.29) is 18.3 Å². The summed E-state index contributed by atoms with van der Waals surface area (Å²) >= 11 is 5.94. The van der Waals surface area contributed by atoms with E-state index in [2.05, 4.69) is 15.7 Å². The minimum atomic E-state index is -0.00426. The lowest BCUT2D eigenvalue weighted by molar-refractivity contribution is -0.120. The van der Waals surface area contributed by atoms with Crippen LogP contribution in [0, 0.1) is 13.8 Å². The highest BCUT2D eigenvalue weighted by Crippen LogP contribution is 2.20. The number of hydrogen-bond acceptors (Lipinski definition) is 4. The van der Waals surface area contributed by atoms with E-state index >= 15 is 0 Å². The molecule has 0 fully saturated rings. The predicted octanol–water partition coefficient (Wildman–Crippen LogP) is 2.46. The van der Waals surface area contributed by atoms with Crippen molar-refractivity contribution in [1.29, 1.82) is 0 Å². The first-order chi connectivity index (χ1) is 12.0. The average molecular weight is 401 g/mol. The normalized spacial score (nSPS) is 10.5. The zero-order chi connectivity index (χ0) is 18.2. The summed E-state index contributed by atoms with van der Waals surface area (Å²) in [5.41, 5.74) is 3.72. The van der Waals surface area contributed by atoms with E-state index in [1.165, 1.54) is 0 Å². The Labute approximate surface area is 165 Å². The summed E-state index contributed by atoms with van der Waals surface area (Å²) in [6, 6.07) is 7.49. The number of amides is 1. The summed E-state index contributed by atoms with van der Waals surface area (Å²) in [5.74, 6) is -0.00426. The highest BCUT2D eigenvalue weighted by Gasteiger charge is 2.15. The number of nitrogens with one attached hydrogen (secondary N) is 2. The number of hydrogen-bond donors (Lipinski definition) is 2. The molecule has 1 aromatic carbocycles. The van der Waals surface area contributed by atoms with E-state index in [1.807, 2.05) is 42.8 Å². The molecule has 0 unspecified atom stereocenters. The highest BCUT2D eigenvalue weighted by atomic mass is 35.5. The predicted molar refractivity (Wildman–Crippen MR) is 107 cm³/mol. The van der Waals surface area contributed by atoms with Gasteiger partial charge >= 0.3 is 0 Å². The fraction of sp³-hybridized carbons (Fsp3) is 0.444. The molecule has 144 valence electrons. The maximum absolute atomic E-state index is 12.2. The summed E-state index contributed by atoms with van der Waals surface area (Å²) < 4.78 is 6.80. The van der Waals surface area contributed by atoms with Gasteiger partial charge in [0.05, 0.1) is 24.4 Å². The van der Waals surface area contributed by atoms with Crippen LogP contribution < -0.4 is 10.6 Å². The topological polar surface area (TPSA) is 68.2 Å². The average Bonchev–Trinajstić information content (AvgIpc) is 2.87. The molecule has 0 spiro atoms. The van der Waals surface area contributed by atoms with Gasteiger partial charge in [-0.2, -0.15) is 5.10 Å². The number of rotatable bonds is 9. The Morgan fingerprint density at radius 2 is 1.88 bits per heavy atom. The van der Waals surface area contributed by atoms with Gasteiger partial charge in [-0.15, -0.1) is 12.4 Å². The molecule has 0 radical (unpaired) electrons. The largest absolute Gasteiger partial charge is 0.383 e. The van der Waals surface area contributed by atoms with Gasteiger partial charge in [-0.3, -0.25) is 4.79 Å². The monoisotopic (exact) mass is 400 g/mol. The zero-order valence-corrected chi connectivity index (χ0v) is 16.9. The van der Waals surface area contributed by atoms with Gasteiger partial charge in [0.15, 0.2) is 0 Å². The molecule has 6 nitrogen and oxygen atoms in total. The smallest absolute Gasteiger partial charge is 0.224 e. The van der Waals surface area contributed by atoms with E-state index < -0.39 is 0 Å². The van der Waals surface area contributed by atoms with E-state index in [4.69, 9.17) is 16.3 Å². The first-order valence-corrected chi connectivity index (χ1v) is 8.68. The molecule has 2 aromatic rings. The molecule has 2 N–H and O–H groups in total. The maximum atomic E-state index is 12.2. The molecule has 1 amide bonds. The molecule has 0 saturated carbocycles. The molecule has 2 rings (SSSR count). The quantitative estimate of drug-likeness (QED) is 0.634. The summed E-state index contributed by atoms with van der Waals surface area (Å²) in [7, 11) is 1.67. The summed E-state index contributed by atoms with van der Waals surface area (Å²) in [6.07, 6.45) is 0.323. The van der Waals surface area contributed by atoms with Gasteiger partial charge in [0.2, 0.25) is 5.91 Å². The second-order valence-corrected chi connectivity index (χ2v) is 6.24. The Balaban J connectivity index is 0.00000338. The fourth-order valence-corrected chi connectivity index (χ4v) is 2.70. The van der Waals surface area contributed by atoms with Crippen LogP contribution in [0.1, 0.15) is 17.0 Å². The van der Waals surface area contributed by atoms with Gasteiger partial charge in [-0.25, -0.2) is 4.68 Å². The molecule has 1 heterocycles. The Morgan fingerprint density at radius 3 is 2.54 bits per heavy atom. The number of carbonyl (C=O) groups is 1. The lowest BCUT2D eigenvalue weighted by Crippen LogP contribution is -2.34. The second kappa shape index (κ2) is 11.2. The van der Waals surface area contributed by atoms with Crippen molar-refractivity contribution in [1.82, 2.24) is 20.4 Å². The van der Waals surface area contributed by atoms with Crippen molar-refractivity contribution < 1.29 is 9.53 Å². The lowest BCUT2D eigenvalue weighted by atomic mass is 10.1. The van der Waals surface area contributed by atoms with Crippen molar-refractivity contribution in [2.24, 2.45) is 0 Å². The molecule has 0 atom stereocenters. The third-order valence-electron chi connectivity index (χ3n) is 3.96. The van der Waals surface area contributed by atoms with E-state index in [0.29, 0.717) is 24.6 Å². The maximum Gasteiger partial charge on any atom is 0.224 e. The van der Waals surface area contributed by atoms with Crippen molar-refractivity contribution in [3.63, 3.8) is 0 Å². The number of ether oxygens (including phenoxy) is 1. The number of halogens is 2. The van der Waals surface area contributed by atoms with Crippen LogP contribution in [0.25, 0.3) is 5.69 Å². The van der Waals surface area contributed by atoms with Crippen LogP contribution in [0.3, 0.4) is 0 Å². The summed E-state index contributed by atoms with van der Waals surface area (Å²) in [4.78, 5) is 12.2. The highest BCUT2D eigenvalue weighted by molar-refractivity contribution is 6.30. The van der Waals surface area contributed by atoms with E-state index in [9.17, 15) is 4.79 Å². The number of methoxy groups -OCH3 is 1. The van der Waals surface area contributed by atoms with Crippen LogP contribution in [-0.2, 0) is 16.0 Å². The molecule has 26 heavy (non-hydrogen) atoms. The molecular weight excluding hydrogens is 375 g/mol. The van der Waals surface area contributed by atoms with Crippen LogP contribution in [0.15, 0.2) is 24.3 Å². The van der Waals surface area contributed by atoms with Crippen molar-refractivity contribution in [3.8, 4) is 5.69 Å². The minimum absolute atomic E-state index is 0. The zero-order valence-electron chi connectivity index (χ0n) is 15.3. The Morgan fingerprint density at radius 1 is 1.19 bits per heavy atom. The van der Waals surface area contributed by atoms with Crippen molar-refractivity contribution in [2.75, 3.05) is 33.4 Å². The van der Waals surface area contributed by atoms with Crippen LogP contribution in [0.2, 0.25) is 5.02 Å². The summed E-state index contributed by atoms with van der Waals surface area (Å²) in [5, 5.41) is 11.4. The molecular formula is C18H26Cl2N4O2. The van der Waals surface area contributed by atoms with Gasteiger partial charge in [-0.05, 0) is 38.1 Å². The van der Waals surface area contributed by atoms with Gasteiger partial charge in [0.25, 0.3) is 0 Å². The number of aromatic nitrogens is 2. The molecule has 0 aliphatic heterocycles. The third-order valence-corrected chi connectivity index (χ3v) is 4.21. The molecule has 0 aliphatic rings. The number of carbonyl (C=O) groups excluding carboxylic acids is 1.